The SMILES string of the molecule is C1CCCOCCOCCOCCOCCOCCOCC1.CCOC(=O)c1cc(CNc2cc(C(=O)OCC)cc(C(=O)OCC)c2)cc(C(=O)OCC)c1. The van der Waals surface area contributed by atoms with Crippen LogP contribution >= 0.6 is 0 Å². The van der Waals surface area contributed by atoms with Crippen molar-refractivity contribution in [2.45, 2.75) is 59.9 Å². The predicted molar refractivity (Wildman–Crippen MR) is 207 cm³/mol. The van der Waals surface area contributed by atoms with Gasteiger partial charge >= 0.3 is 23.9 Å². The third kappa shape index (κ3) is 21.3. The Hall–Kier alpha value is -4.12. The van der Waals surface area contributed by atoms with Crippen molar-refractivity contribution in [2.75, 3.05) is 111 Å². The van der Waals surface area contributed by atoms with E-state index < -0.39 is 23.9 Å². The van der Waals surface area contributed by atoms with Gasteiger partial charge in [0.1, 0.15) is 0 Å². The molecule has 1 N–H and O–H groups in total. The summed E-state index contributed by atoms with van der Waals surface area (Å²) in [5.41, 5.74) is 1.82. The maximum atomic E-state index is 12.3. The second-order valence-corrected chi connectivity index (χ2v) is 12.0. The minimum atomic E-state index is -0.578. The molecule has 1 saturated heterocycles. The summed E-state index contributed by atoms with van der Waals surface area (Å²) in [5.74, 6) is -2.29. The van der Waals surface area contributed by atoms with Crippen LogP contribution in [0.2, 0.25) is 0 Å². The number of ether oxygens (including phenoxy) is 10. The molecule has 2 aromatic rings. The standard InChI is InChI=1S/C25H29NO8.C16H32O6/c1-5-31-22(27)17-9-16(10-18(11-17)23(28)32-6-2)15-26-21-13-19(24(29)33-7-3)12-20(14-21)25(30)34-8-4;1-2-4-6-18-8-10-20-12-14-22-16-15-21-13-11-19-9-7-17-5-3-1/h9-14,26H,5-8,15H2,1-4H3;1-16H2. The first-order valence-electron chi connectivity index (χ1n) is 19.5. The van der Waals surface area contributed by atoms with Gasteiger partial charge in [-0.05, 0) is 82.5 Å². The quantitative estimate of drug-likeness (QED) is 0.218. The third-order valence-electron chi connectivity index (χ3n) is 7.65. The third-order valence-corrected chi connectivity index (χ3v) is 7.65. The number of hydrogen-bond acceptors (Lipinski definition) is 15. The molecule has 3 rings (SSSR count). The minimum Gasteiger partial charge on any atom is -0.462 e. The van der Waals surface area contributed by atoms with Gasteiger partial charge < -0.3 is 52.7 Å². The summed E-state index contributed by atoms with van der Waals surface area (Å²) in [6.45, 7) is 15.4. The first-order valence-corrected chi connectivity index (χ1v) is 19.5. The van der Waals surface area contributed by atoms with Crippen LogP contribution in [0.15, 0.2) is 36.4 Å². The molecule has 1 aliphatic rings. The molecule has 2 aromatic carbocycles. The van der Waals surface area contributed by atoms with Crippen molar-refractivity contribution < 1.29 is 66.5 Å². The molecule has 314 valence electrons. The topological polar surface area (TPSA) is 173 Å². The summed E-state index contributed by atoms with van der Waals surface area (Å²) in [5, 5.41) is 3.11. The number of esters is 4. The molecule has 1 fully saturated rings. The summed E-state index contributed by atoms with van der Waals surface area (Å²) in [7, 11) is 0. The van der Waals surface area contributed by atoms with E-state index in [0.717, 1.165) is 26.1 Å². The average molecular weight is 792 g/mol. The lowest BCUT2D eigenvalue weighted by Crippen LogP contribution is -2.14. The fraction of sp³-hybridized carbons (Fsp3) is 0.610. The highest BCUT2D eigenvalue weighted by molar-refractivity contribution is 5.97. The molecule has 0 spiro atoms. The Kier molecular flexibility index (Phi) is 26.6. The molecule has 0 unspecified atom stereocenters. The smallest absolute Gasteiger partial charge is 0.338 e. The molecule has 0 radical (unpaired) electrons. The van der Waals surface area contributed by atoms with Gasteiger partial charge in [0.15, 0.2) is 0 Å². The lowest BCUT2D eigenvalue weighted by atomic mass is 10.0. The van der Waals surface area contributed by atoms with Gasteiger partial charge in [-0.3, -0.25) is 0 Å². The van der Waals surface area contributed by atoms with Crippen molar-refractivity contribution in [1.29, 1.82) is 0 Å². The van der Waals surface area contributed by atoms with Gasteiger partial charge in [-0.25, -0.2) is 19.2 Å². The molecule has 0 aromatic heterocycles. The number of benzene rings is 2. The highest BCUT2D eigenvalue weighted by atomic mass is 16.6. The van der Waals surface area contributed by atoms with E-state index in [-0.39, 0.29) is 55.2 Å². The Morgan fingerprint density at radius 1 is 0.429 bits per heavy atom. The number of nitrogens with one attached hydrogen (secondary N) is 1. The van der Waals surface area contributed by atoms with Crippen molar-refractivity contribution in [2.24, 2.45) is 0 Å². The Morgan fingerprint density at radius 3 is 1.02 bits per heavy atom. The van der Waals surface area contributed by atoms with E-state index in [1.807, 2.05) is 0 Å². The second-order valence-electron chi connectivity index (χ2n) is 12.0. The van der Waals surface area contributed by atoms with Gasteiger partial charge in [0.2, 0.25) is 0 Å². The molecule has 15 nitrogen and oxygen atoms in total. The molecule has 0 aliphatic carbocycles. The normalized spacial score (nSPS) is 15.6. The molecule has 0 amide bonds. The van der Waals surface area contributed by atoms with Gasteiger partial charge in [0.25, 0.3) is 0 Å². The van der Waals surface area contributed by atoms with E-state index in [1.165, 1.54) is 25.0 Å². The molecule has 1 aliphatic heterocycles. The van der Waals surface area contributed by atoms with Crippen LogP contribution in [0.1, 0.15) is 100 Å². The highest BCUT2D eigenvalue weighted by Gasteiger charge is 2.17. The van der Waals surface area contributed by atoms with E-state index in [0.29, 0.717) is 77.3 Å². The summed E-state index contributed by atoms with van der Waals surface area (Å²) in [6, 6.07) is 9.09. The highest BCUT2D eigenvalue weighted by Crippen LogP contribution is 2.20. The van der Waals surface area contributed by atoms with E-state index in [1.54, 1.807) is 52.0 Å². The lowest BCUT2D eigenvalue weighted by Gasteiger charge is -2.13. The Labute approximate surface area is 330 Å². The molecular formula is C41H61NO14. The summed E-state index contributed by atoms with van der Waals surface area (Å²) in [4.78, 5) is 49.1. The predicted octanol–water partition coefficient (Wildman–Crippen LogP) is 5.67. The molecule has 1 heterocycles. The van der Waals surface area contributed by atoms with Crippen LogP contribution in [0.5, 0.6) is 0 Å². The van der Waals surface area contributed by atoms with Crippen molar-refractivity contribution in [3.05, 3.63) is 64.2 Å². The monoisotopic (exact) mass is 791 g/mol. The van der Waals surface area contributed by atoms with E-state index in [4.69, 9.17) is 47.4 Å². The average Bonchev–Trinajstić information content (AvgIpc) is 3.20. The Balaban J connectivity index is 0.000000425. The number of carbonyl (C=O) groups is 4. The van der Waals surface area contributed by atoms with Gasteiger partial charge in [-0.15, -0.1) is 0 Å². The maximum absolute atomic E-state index is 12.3. The van der Waals surface area contributed by atoms with Crippen LogP contribution < -0.4 is 5.32 Å². The van der Waals surface area contributed by atoms with Crippen LogP contribution in [-0.2, 0) is 53.9 Å². The molecular weight excluding hydrogens is 730 g/mol. The maximum Gasteiger partial charge on any atom is 0.338 e. The van der Waals surface area contributed by atoms with Crippen LogP contribution in [0, 0.1) is 0 Å². The van der Waals surface area contributed by atoms with E-state index in [9.17, 15) is 19.2 Å². The van der Waals surface area contributed by atoms with Crippen molar-refractivity contribution in [1.82, 2.24) is 0 Å². The summed E-state index contributed by atoms with van der Waals surface area (Å²) < 4.78 is 52.9. The number of carbonyl (C=O) groups excluding carboxylic acids is 4. The number of rotatable bonds is 11. The zero-order valence-electron chi connectivity index (χ0n) is 33.5. The van der Waals surface area contributed by atoms with Gasteiger partial charge in [-0.2, -0.15) is 0 Å². The van der Waals surface area contributed by atoms with E-state index in [2.05, 4.69) is 5.32 Å². The van der Waals surface area contributed by atoms with Crippen molar-refractivity contribution in [3.63, 3.8) is 0 Å². The van der Waals surface area contributed by atoms with E-state index >= 15 is 0 Å². The zero-order chi connectivity index (χ0) is 40.6. The molecule has 0 atom stereocenters. The lowest BCUT2D eigenvalue weighted by molar-refractivity contribution is -0.0176. The van der Waals surface area contributed by atoms with Crippen LogP contribution in [0.4, 0.5) is 5.69 Å². The fourth-order valence-corrected chi connectivity index (χ4v) is 5.02. The van der Waals surface area contributed by atoms with Gasteiger partial charge in [0.05, 0.1) is 115 Å². The van der Waals surface area contributed by atoms with Gasteiger partial charge in [-0.1, -0.05) is 12.8 Å². The molecule has 0 bridgehead atoms. The van der Waals surface area contributed by atoms with Crippen LogP contribution in [0.25, 0.3) is 0 Å². The van der Waals surface area contributed by atoms with Crippen molar-refractivity contribution >= 4 is 29.6 Å². The zero-order valence-corrected chi connectivity index (χ0v) is 33.5. The Bertz CT molecular complexity index is 1160. The summed E-state index contributed by atoms with van der Waals surface area (Å²) >= 11 is 0. The van der Waals surface area contributed by atoms with Crippen LogP contribution in [-0.4, -0.2) is 130 Å². The molecule has 56 heavy (non-hydrogen) atoms. The second kappa shape index (κ2) is 31.0. The number of anilines is 1. The largest absolute Gasteiger partial charge is 0.462 e. The minimum absolute atomic E-state index is 0.175. The van der Waals surface area contributed by atoms with Gasteiger partial charge in [0, 0.05) is 25.4 Å². The fourth-order valence-electron chi connectivity index (χ4n) is 5.02. The summed E-state index contributed by atoms with van der Waals surface area (Å²) in [6.07, 6.45) is 4.58. The number of hydrogen-bond donors (Lipinski definition) is 1. The van der Waals surface area contributed by atoms with Crippen LogP contribution in [0.3, 0.4) is 0 Å². The molecule has 15 heteroatoms. The first-order chi connectivity index (χ1) is 27.3. The molecule has 0 saturated carbocycles. The first kappa shape index (κ1) is 48.0. The van der Waals surface area contributed by atoms with Crippen molar-refractivity contribution in [3.8, 4) is 0 Å². The Morgan fingerprint density at radius 2 is 0.714 bits per heavy atom.